The third-order valence-corrected chi connectivity index (χ3v) is 5.94. The average molecular weight is 369 g/mol. The number of thiazole rings is 1. The monoisotopic (exact) mass is 369 g/mol. The minimum Gasteiger partial charge on any atom is -0.370 e. The maximum atomic E-state index is 12.9. The van der Waals surface area contributed by atoms with Gasteiger partial charge in [0.1, 0.15) is 0 Å². The lowest BCUT2D eigenvalue weighted by Crippen LogP contribution is -2.35. The van der Waals surface area contributed by atoms with Crippen molar-refractivity contribution < 1.29 is 4.79 Å². The first kappa shape index (κ1) is 17.0. The van der Waals surface area contributed by atoms with Crippen molar-refractivity contribution in [2.75, 3.05) is 11.4 Å². The number of aromatic nitrogens is 1. The van der Waals surface area contributed by atoms with E-state index in [0.29, 0.717) is 11.0 Å². The molecule has 0 radical (unpaired) electrons. The summed E-state index contributed by atoms with van der Waals surface area (Å²) in [5.74, 6) is 0.520. The van der Waals surface area contributed by atoms with Gasteiger partial charge in [0.05, 0.1) is 5.69 Å². The quantitative estimate of drug-likeness (QED) is 0.641. The van der Waals surface area contributed by atoms with Crippen LogP contribution in [0.3, 0.4) is 0 Å². The second-order valence-electron chi connectivity index (χ2n) is 6.97. The number of rotatable bonds is 3. The smallest absolute Gasteiger partial charge is 0.230 e. The van der Waals surface area contributed by atoms with Gasteiger partial charge in [-0.1, -0.05) is 25.3 Å². The average Bonchev–Trinajstić information content (AvgIpc) is 3.27. The van der Waals surface area contributed by atoms with Crippen molar-refractivity contribution in [2.24, 2.45) is 22.4 Å². The molecule has 26 heavy (non-hydrogen) atoms. The van der Waals surface area contributed by atoms with Crippen molar-refractivity contribution in [2.45, 2.75) is 38.5 Å². The van der Waals surface area contributed by atoms with Crippen LogP contribution in [0.1, 0.15) is 37.7 Å². The van der Waals surface area contributed by atoms with E-state index >= 15 is 0 Å². The molecule has 2 aliphatic rings. The number of hydrogen-bond donors (Lipinski definition) is 2. The van der Waals surface area contributed by atoms with Crippen molar-refractivity contribution in [1.82, 2.24) is 4.98 Å². The topological polar surface area (TPSA) is 97.6 Å². The molecule has 6 nitrogen and oxygen atoms in total. The summed E-state index contributed by atoms with van der Waals surface area (Å²) >= 11 is 1.41. The molecule has 1 aromatic carbocycles. The van der Waals surface area contributed by atoms with Gasteiger partial charge in [-0.05, 0) is 37.0 Å². The third kappa shape index (κ3) is 3.31. The Kier molecular flexibility index (Phi) is 4.63. The van der Waals surface area contributed by atoms with Gasteiger partial charge in [0.2, 0.25) is 11.0 Å². The molecule has 0 atom stereocenters. The summed E-state index contributed by atoms with van der Waals surface area (Å²) < 4.78 is 0. The van der Waals surface area contributed by atoms with Crippen LogP contribution in [0.4, 0.5) is 10.8 Å². The van der Waals surface area contributed by atoms with Crippen LogP contribution < -0.4 is 16.4 Å². The molecule has 136 valence electrons. The van der Waals surface area contributed by atoms with Crippen molar-refractivity contribution in [3.63, 3.8) is 0 Å². The van der Waals surface area contributed by atoms with E-state index in [2.05, 4.69) is 22.1 Å². The highest BCUT2D eigenvalue weighted by atomic mass is 32.1. The Morgan fingerprint density at radius 2 is 2.04 bits per heavy atom. The molecule has 1 aromatic heterocycles. The molecule has 0 spiro atoms. The zero-order valence-electron chi connectivity index (χ0n) is 14.6. The highest BCUT2D eigenvalue weighted by Gasteiger charge is 2.31. The van der Waals surface area contributed by atoms with Gasteiger partial charge in [0, 0.05) is 29.1 Å². The minimum atomic E-state index is 0.0109. The first-order chi connectivity index (χ1) is 12.6. The van der Waals surface area contributed by atoms with Crippen molar-refractivity contribution in [3.05, 3.63) is 29.1 Å². The molecule has 1 amide bonds. The van der Waals surface area contributed by atoms with E-state index in [4.69, 9.17) is 11.5 Å². The molecule has 1 fully saturated rings. The number of nitrogens with zero attached hydrogens (tertiary/aromatic N) is 3. The zero-order chi connectivity index (χ0) is 18.1. The highest BCUT2D eigenvalue weighted by molar-refractivity contribution is 7.13. The van der Waals surface area contributed by atoms with Crippen molar-refractivity contribution in [3.8, 4) is 11.3 Å². The van der Waals surface area contributed by atoms with Gasteiger partial charge in [-0.2, -0.15) is 4.99 Å². The maximum Gasteiger partial charge on any atom is 0.230 e. The maximum absolute atomic E-state index is 12.9. The van der Waals surface area contributed by atoms with E-state index in [1.807, 2.05) is 16.3 Å². The number of benzene rings is 1. The molecular weight excluding hydrogens is 346 g/mol. The molecule has 7 heteroatoms. The number of fused-ring (bicyclic) bond motifs is 1. The van der Waals surface area contributed by atoms with E-state index < -0.39 is 0 Å². The van der Waals surface area contributed by atoms with Crippen LogP contribution in [0.15, 0.2) is 28.6 Å². The predicted octanol–water partition coefficient (Wildman–Crippen LogP) is 3.18. The summed E-state index contributed by atoms with van der Waals surface area (Å²) in [6.45, 7) is 0.782. The van der Waals surface area contributed by atoms with Gasteiger partial charge < -0.3 is 16.4 Å². The van der Waals surface area contributed by atoms with Gasteiger partial charge in [-0.15, -0.1) is 11.3 Å². The number of nitrogens with two attached hydrogens (primary N) is 2. The minimum absolute atomic E-state index is 0.0109. The number of amides is 1. The molecule has 1 aliphatic heterocycles. The molecule has 4 rings (SSSR count). The third-order valence-electron chi connectivity index (χ3n) is 5.21. The van der Waals surface area contributed by atoms with Crippen LogP contribution in [0.25, 0.3) is 11.3 Å². The van der Waals surface area contributed by atoms with Gasteiger partial charge in [0.25, 0.3) is 0 Å². The van der Waals surface area contributed by atoms with E-state index in [1.165, 1.54) is 36.2 Å². The SMILES string of the molecule is NC(N)=Nc1nc(-c2ccc3c(c2)CCN3C(=O)C2CCCCC2)cs1. The lowest BCUT2D eigenvalue weighted by Gasteiger charge is -2.26. The summed E-state index contributed by atoms with van der Waals surface area (Å²) in [4.78, 5) is 23.3. The van der Waals surface area contributed by atoms with Crippen LogP contribution in [0.5, 0.6) is 0 Å². The largest absolute Gasteiger partial charge is 0.370 e. The van der Waals surface area contributed by atoms with Crippen molar-refractivity contribution in [1.29, 1.82) is 0 Å². The lowest BCUT2D eigenvalue weighted by atomic mass is 9.88. The molecule has 2 aromatic rings. The first-order valence-corrected chi connectivity index (χ1v) is 9.99. The molecule has 0 unspecified atom stereocenters. The Morgan fingerprint density at radius 1 is 1.23 bits per heavy atom. The summed E-state index contributed by atoms with van der Waals surface area (Å²) in [6, 6.07) is 6.22. The van der Waals surface area contributed by atoms with E-state index in [0.717, 1.165) is 42.8 Å². The second kappa shape index (κ2) is 7.07. The van der Waals surface area contributed by atoms with Crippen LogP contribution in [-0.2, 0) is 11.2 Å². The molecule has 1 saturated carbocycles. The highest BCUT2D eigenvalue weighted by Crippen LogP contribution is 2.36. The fourth-order valence-corrected chi connectivity index (χ4v) is 4.63. The lowest BCUT2D eigenvalue weighted by molar-refractivity contribution is -0.123. The molecular formula is C19H23N5OS. The number of carbonyl (C=O) groups excluding carboxylic acids is 1. The normalized spacial score (nSPS) is 17.2. The number of anilines is 1. The Morgan fingerprint density at radius 3 is 2.81 bits per heavy atom. The Bertz CT molecular complexity index is 849. The van der Waals surface area contributed by atoms with Gasteiger partial charge >= 0.3 is 0 Å². The fraction of sp³-hybridized carbons (Fsp3) is 0.421. The molecule has 0 saturated heterocycles. The molecule has 2 heterocycles. The first-order valence-electron chi connectivity index (χ1n) is 9.11. The standard InChI is InChI=1S/C19H23N5OS/c20-18(21)23-19-22-15(11-26-19)13-6-7-16-14(10-13)8-9-24(16)17(25)12-4-2-1-3-5-12/h6-7,10-12H,1-5,8-9H2,(H4,20,21,22,23). The van der Waals surface area contributed by atoms with Crippen LogP contribution in [0, 0.1) is 5.92 Å². The van der Waals surface area contributed by atoms with Crippen LogP contribution in [-0.4, -0.2) is 23.4 Å². The van der Waals surface area contributed by atoms with Crippen molar-refractivity contribution >= 4 is 34.0 Å². The molecule has 0 bridgehead atoms. The number of guanidine groups is 1. The number of hydrogen-bond acceptors (Lipinski definition) is 4. The predicted molar refractivity (Wildman–Crippen MR) is 106 cm³/mol. The Balaban J connectivity index is 1.55. The Labute approximate surface area is 156 Å². The summed E-state index contributed by atoms with van der Waals surface area (Å²) in [5.41, 5.74) is 15.0. The van der Waals surface area contributed by atoms with Gasteiger partial charge in [-0.3, -0.25) is 4.79 Å². The Hall–Kier alpha value is -2.41. The van der Waals surface area contributed by atoms with E-state index in [1.54, 1.807) is 0 Å². The summed E-state index contributed by atoms with van der Waals surface area (Å²) in [7, 11) is 0. The van der Waals surface area contributed by atoms with E-state index in [9.17, 15) is 4.79 Å². The van der Waals surface area contributed by atoms with Gasteiger partial charge in [-0.25, -0.2) is 4.98 Å². The molecule has 1 aliphatic carbocycles. The fourth-order valence-electron chi connectivity index (χ4n) is 3.92. The number of aliphatic imine (C=N–C) groups is 1. The summed E-state index contributed by atoms with van der Waals surface area (Å²) in [6.07, 6.45) is 6.59. The summed E-state index contributed by atoms with van der Waals surface area (Å²) in [5, 5.41) is 2.50. The van der Waals surface area contributed by atoms with Crippen LogP contribution in [0.2, 0.25) is 0 Å². The molecule has 4 N–H and O–H groups in total. The van der Waals surface area contributed by atoms with E-state index in [-0.39, 0.29) is 11.9 Å². The van der Waals surface area contributed by atoms with Crippen LogP contribution >= 0.6 is 11.3 Å². The number of carbonyl (C=O) groups is 1. The van der Waals surface area contributed by atoms with Gasteiger partial charge in [0.15, 0.2) is 5.96 Å². The zero-order valence-corrected chi connectivity index (χ0v) is 15.5. The second-order valence-corrected chi connectivity index (χ2v) is 7.81.